The van der Waals surface area contributed by atoms with Gasteiger partial charge in [0.25, 0.3) is 0 Å². The first-order valence-corrected chi connectivity index (χ1v) is 43.5. The standard InChI is InChI=1S/C78H152O17P2/c1-7-9-11-13-15-16-17-32-38-44-50-56-62-77(82)94-73(66-88-75(80)60-54-48-40-14-12-10-8-2)68-92-96(84,85)90-64-72(79)65-91-97(86,87)93-69-74(67-89-76(81)61-55-49-43-37-33-28-25-24-27-31-36-42-47-53-59-71(5)6)95-78(83)63-57-51-45-39-34-29-23-21-19-18-20-22-26-30-35-41-46-52-58-70(3)4/h70-74,79H,7-69H2,1-6H3,(H,84,85)(H,86,87)/t72-,73+,74+/m0/s1. The number of aliphatic hydroxyl groups is 1. The van der Waals surface area contributed by atoms with Gasteiger partial charge >= 0.3 is 39.5 Å². The van der Waals surface area contributed by atoms with E-state index in [9.17, 15) is 43.2 Å². The number of aliphatic hydroxyl groups excluding tert-OH is 1. The van der Waals surface area contributed by atoms with Crippen LogP contribution in [0.5, 0.6) is 0 Å². The van der Waals surface area contributed by atoms with E-state index in [1.165, 1.54) is 212 Å². The van der Waals surface area contributed by atoms with E-state index in [-0.39, 0.29) is 25.7 Å². The van der Waals surface area contributed by atoms with Crippen molar-refractivity contribution in [1.29, 1.82) is 0 Å². The van der Waals surface area contributed by atoms with Crippen molar-refractivity contribution in [2.45, 2.75) is 426 Å². The summed E-state index contributed by atoms with van der Waals surface area (Å²) in [5.74, 6) is -0.497. The average molecular weight is 1420 g/mol. The number of carbonyl (C=O) groups excluding carboxylic acids is 4. The lowest BCUT2D eigenvalue weighted by Gasteiger charge is -2.21. The molecular formula is C78H152O17P2. The van der Waals surface area contributed by atoms with Gasteiger partial charge in [0, 0.05) is 25.7 Å². The topological polar surface area (TPSA) is 237 Å². The van der Waals surface area contributed by atoms with Gasteiger partial charge in [0.15, 0.2) is 12.2 Å². The summed E-state index contributed by atoms with van der Waals surface area (Å²) in [6.07, 6.45) is 58.4. The van der Waals surface area contributed by atoms with E-state index in [2.05, 4.69) is 41.5 Å². The molecule has 0 aliphatic heterocycles. The molecule has 0 spiro atoms. The molecule has 0 fully saturated rings. The lowest BCUT2D eigenvalue weighted by atomic mass is 10.0. The lowest BCUT2D eigenvalue weighted by molar-refractivity contribution is -0.161. The Labute approximate surface area is 594 Å². The Hall–Kier alpha value is -1.94. The van der Waals surface area contributed by atoms with Gasteiger partial charge in [-0.25, -0.2) is 9.13 Å². The molecule has 0 rings (SSSR count). The predicted octanol–water partition coefficient (Wildman–Crippen LogP) is 23.1. The highest BCUT2D eigenvalue weighted by Crippen LogP contribution is 2.45. The Balaban J connectivity index is 5.17. The second-order valence-electron chi connectivity index (χ2n) is 29.1. The fraction of sp³-hybridized carbons (Fsp3) is 0.949. The molecule has 2 unspecified atom stereocenters. The van der Waals surface area contributed by atoms with Crippen molar-refractivity contribution in [2.75, 3.05) is 39.6 Å². The Morgan fingerprint density at radius 1 is 0.278 bits per heavy atom. The maximum Gasteiger partial charge on any atom is 0.472 e. The molecule has 0 heterocycles. The van der Waals surface area contributed by atoms with Crippen molar-refractivity contribution in [3.05, 3.63) is 0 Å². The van der Waals surface area contributed by atoms with Gasteiger partial charge in [-0.05, 0) is 37.5 Å². The molecule has 3 N–H and O–H groups in total. The van der Waals surface area contributed by atoms with E-state index >= 15 is 0 Å². The molecule has 0 aromatic carbocycles. The first-order valence-electron chi connectivity index (χ1n) is 40.5. The average Bonchev–Trinajstić information content (AvgIpc) is 1.48. The molecule has 97 heavy (non-hydrogen) atoms. The zero-order chi connectivity index (χ0) is 71.4. The summed E-state index contributed by atoms with van der Waals surface area (Å²) in [4.78, 5) is 72.7. The third-order valence-corrected chi connectivity index (χ3v) is 20.1. The number of hydrogen-bond donors (Lipinski definition) is 3. The molecule has 0 aromatic heterocycles. The van der Waals surface area contributed by atoms with E-state index in [0.29, 0.717) is 25.7 Å². The number of phosphoric acid groups is 2. The number of carbonyl (C=O) groups is 4. The van der Waals surface area contributed by atoms with Crippen LogP contribution in [0.15, 0.2) is 0 Å². The predicted molar refractivity (Wildman–Crippen MR) is 395 cm³/mol. The monoisotopic (exact) mass is 1420 g/mol. The van der Waals surface area contributed by atoms with E-state index < -0.39 is 97.5 Å². The van der Waals surface area contributed by atoms with Crippen LogP contribution in [-0.2, 0) is 65.4 Å². The van der Waals surface area contributed by atoms with Gasteiger partial charge in [0.1, 0.15) is 19.3 Å². The molecule has 19 heteroatoms. The number of unbranched alkanes of at least 4 members (excludes halogenated alkanes) is 47. The molecule has 0 radical (unpaired) electrons. The molecule has 0 saturated heterocycles. The minimum atomic E-state index is -4.96. The smallest absolute Gasteiger partial charge is 0.462 e. The molecule has 0 amide bonds. The van der Waals surface area contributed by atoms with Gasteiger partial charge in [0.05, 0.1) is 26.4 Å². The SMILES string of the molecule is CCCCCCCCCCCCCCC(=O)O[C@H](COC(=O)CCCCCCCCC)COP(=O)(O)OC[C@H](O)COP(=O)(O)OC[C@@H](COC(=O)CCCCCCCCCCCCCCCCC(C)C)OC(=O)CCCCCCCCCCCCCCCCCCCCC(C)C. The zero-order valence-corrected chi connectivity index (χ0v) is 65.2. The third kappa shape index (κ3) is 72.2. The van der Waals surface area contributed by atoms with Crippen molar-refractivity contribution in [2.24, 2.45) is 11.8 Å². The number of esters is 4. The number of ether oxygens (including phenoxy) is 4. The van der Waals surface area contributed by atoms with Crippen molar-refractivity contribution in [3.63, 3.8) is 0 Å². The molecular weight excluding hydrogens is 1270 g/mol. The minimum absolute atomic E-state index is 0.107. The van der Waals surface area contributed by atoms with Crippen LogP contribution in [-0.4, -0.2) is 96.7 Å². The highest BCUT2D eigenvalue weighted by Gasteiger charge is 2.30. The normalized spacial score (nSPS) is 14.0. The van der Waals surface area contributed by atoms with E-state index in [1.54, 1.807) is 0 Å². The number of hydrogen-bond acceptors (Lipinski definition) is 15. The molecule has 0 aliphatic rings. The van der Waals surface area contributed by atoms with E-state index in [4.69, 9.17) is 37.0 Å². The molecule has 0 aromatic rings. The zero-order valence-electron chi connectivity index (χ0n) is 63.4. The minimum Gasteiger partial charge on any atom is -0.462 e. The molecule has 0 saturated carbocycles. The van der Waals surface area contributed by atoms with Crippen LogP contribution in [0.2, 0.25) is 0 Å². The van der Waals surface area contributed by atoms with Gasteiger partial charge in [-0.15, -0.1) is 0 Å². The Morgan fingerprint density at radius 3 is 0.701 bits per heavy atom. The van der Waals surface area contributed by atoms with Gasteiger partial charge in [-0.3, -0.25) is 37.3 Å². The van der Waals surface area contributed by atoms with Crippen LogP contribution in [0.25, 0.3) is 0 Å². The highest BCUT2D eigenvalue weighted by molar-refractivity contribution is 7.47. The molecule has 0 aliphatic carbocycles. The van der Waals surface area contributed by atoms with Gasteiger partial charge in [0.2, 0.25) is 0 Å². The van der Waals surface area contributed by atoms with Gasteiger partial charge in [-0.2, -0.15) is 0 Å². The van der Waals surface area contributed by atoms with Crippen LogP contribution in [0, 0.1) is 11.8 Å². The molecule has 5 atom stereocenters. The summed E-state index contributed by atoms with van der Waals surface area (Å²) in [5.41, 5.74) is 0. The van der Waals surface area contributed by atoms with Crippen molar-refractivity contribution in [3.8, 4) is 0 Å². The second-order valence-corrected chi connectivity index (χ2v) is 32.0. The van der Waals surface area contributed by atoms with Crippen molar-refractivity contribution < 1.29 is 80.2 Å². The largest absolute Gasteiger partial charge is 0.472 e. The fourth-order valence-electron chi connectivity index (χ4n) is 12.0. The third-order valence-electron chi connectivity index (χ3n) is 18.2. The summed E-state index contributed by atoms with van der Waals surface area (Å²) >= 11 is 0. The van der Waals surface area contributed by atoms with E-state index in [0.717, 1.165) is 115 Å². The van der Waals surface area contributed by atoms with Crippen molar-refractivity contribution >= 4 is 39.5 Å². The maximum atomic E-state index is 13.1. The summed E-state index contributed by atoms with van der Waals surface area (Å²) in [6, 6.07) is 0. The Kier molecular flexibility index (Phi) is 68.4. The van der Waals surface area contributed by atoms with E-state index in [1.807, 2.05) is 0 Å². The Bertz CT molecular complexity index is 1870. The number of phosphoric ester groups is 2. The molecule has 576 valence electrons. The molecule has 0 bridgehead atoms. The summed E-state index contributed by atoms with van der Waals surface area (Å²) in [6.45, 7) is 9.63. The van der Waals surface area contributed by atoms with Crippen LogP contribution in [0.1, 0.15) is 408 Å². The number of rotatable bonds is 77. The maximum absolute atomic E-state index is 13.1. The van der Waals surface area contributed by atoms with Crippen LogP contribution in [0.3, 0.4) is 0 Å². The summed E-state index contributed by atoms with van der Waals surface area (Å²) in [5, 5.41) is 10.6. The molecule has 17 nitrogen and oxygen atoms in total. The van der Waals surface area contributed by atoms with Crippen LogP contribution >= 0.6 is 15.6 Å². The second kappa shape index (κ2) is 69.8. The Morgan fingerprint density at radius 2 is 0.474 bits per heavy atom. The van der Waals surface area contributed by atoms with Gasteiger partial charge < -0.3 is 33.8 Å². The first-order chi connectivity index (χ1) is 46.9. The van der Waals surface area contributed by atoms with Gasteiger partial charge in [-0.1, -0.05) is 356 Å². The quantitative estimate of drug-likeness (QED) is 0.0222. The van der Waals surface area contributed by atoms with Crippen LogP contribution in [0.4, 0.5) is 0 Å². The first kappa shape index (κ1) is 95.1. The lowest BCUT2D eigenvalue weighted by Crippen LogP contribution is -2.30. The van der Waals surface area contributed by atoms with Crippen LogP contribution < -0.4 is 0 Å². The summed E-state index contributed by atoms with van der Waals surface area (Å²) < 4.78 is 68.5. The highest BCUT2D eigenvalue weighted by atomic mass is 31.2. The summed E-state index contributed by atoms with van der Waals surface area (Å²) in [7, 11) is -9.91. The fourth-order valence-corrected chi connectivity index (χ4v) is 13.6. The van der Waals surface area contributed by atoms with Crippen molar-refractivity contribution in [1.82, 2.24) is 0 Å².